The van der Waals surface area contributed by atoms with Gasteiger partial charge in [-0.15, -0.1) is 0 Å². The van der Waals surface area contributed by atoms with Crippen LogP contribution in [0.15, 0.2) is 77.6 Å². The number of anilines is 1. The van der Waals surface area contributed by atoms with E-state index < -0.39 is 0 Å². The van der Waals surface area contributed by atoms with Gasteiger partial charge in [0.2, 0.25) is 5.91 Å². The Morgan fingerprint density at radius 2 is 1.56 bits per heavy atom. The number of pyridine rings is 1. The van der Waals surface area contributed by atoms with Gasteiger partial charge >= 0.3 is 0 Å². The molecule has 0 aliphatic heterocycles. The molecular weight excluding hydrogens is 312 g/mol. The Balaban J connectivity index is 1.72. The molecule has 3 rings (SSSR count). The van der Waals surface area contributed by atoms with Gasteiger partial charge in [0.15, 0.2) is 0 Å². The highest BCUT2D eigenvalue weighted by molar-refractivity contribution is 5.90. The summed E-state index contributed by atoms with van der Waals surface area (Å²) in [6.45, 7) is 0. The second-order valence-corrected chi connectivity index (χ2v) is 5.90. The fourth-order valence-electron chi connectivity index (χ4n) is 2.74. The molecule has 0 saturated heterocycles. The molecule has 0 aliphatic rings. The van der Waals surface area contributed by atoms with Crippen LogP contribution in [0.2, 0.25) is 0 Å². The van der Waals surface area contributed by atoms with Gasteiger partial charge in [0.1, 0.15) is 5.69 Å². The number of aryl methyl sites for hydroxylation is 1. The van der Waals surface area contributed by atoms with Gasteiger partial charge in [0.05, 0.1) is 5.69 Å². The van der Waals surface area contributed by atoms with Gasteiger partial charge in [0, 0.05) is 13.5 Å². The fraction of sp³-hybridized carbons (Fsp3) is 0.143. The summed E-state index contributed by atoms with van der Waals surface area (Å²) in [5, 5.41) is 2.73. The number of aromatic nitrogens is 1. The molecular formula is C21H20N2O2. The number of carbonyl (C=O) groups is 1. The molecule has 4 nitrogen and oxygen atoms in total. The Hall–Kier alpha value is -3.14. The largest absolute Gasteiger partial charge is 0.321 e. The molecule has 1 N–H and O–H groups in total. The number of benzene rings is 2. The SMILES string of the molecule is Cn1c(-c2ccccc2)ccc(NC(=O)CCc2ccccc2)c1=O. The van der Waals surface area contributed by atoms with Crippen molar-refractivity contribution in [2.24, 2.45) is 7.05 Å². The molecule has 4 heteroatoms. The molecule has 0 saturated carbocycles. The molecule has 3 aromatic rings. The second kappa shape index (κ2) is 7.62. The zero-order valence-corrected chi connectivity index (χ0v) is 14.1. The summed E-state index contributed by atoms with van der Waals surface area (Å²) in [4.78, 5) is 24.7. The van der Waals surface area contributed by atoms with Gasteiger partial charge in [-0.25, -0.2) is 0 Å². The molecule has 126 valence electrons. The van der Waals surface area contributed by atoms with Gasteiger partial charge in [0.25, 0.3) is 5.56 Å². The summed E-state index contributed by atoms with van der Waals surface area (Å²) < 4.78 is 1.56. The maximum Gasteiger partial charge on any atom is 0.274 e. The summed E-state index contributed by atoms with van der Waals surface area (Å²) in [6, 6.07) is 23.0. The lowest BCUT2D eigenvalue weighted by molar-refractivity contribution is -0.116. The first-order chi connectivity index (χ1) is 12.1. The average molecular weight is 332 g/mol. The van der Waals surface area contributed by atoms with E-state index in [4.69, 9.17) is 0 Å². The van der Waals surface area contributed by atoms with Crippen molar-refractivity contribution in [3.05, 3.63) is 88.7 Å². The van der Waals surface area contributed by atoms with E-state index in [9.17, 15) is 9.59 Å². The van der Waals surface area contributed by atoms with Crippen molar-refractivity contribution in [2.45, 2.75) is 12.8 Å². The Morgan fingerprint density at radius 3 is 2.24 bits per heavy atom. The van der Waals surface area contributed by atoms with Crippen LogP contribution in [0.3, 0.4) is 0 Å². The Kier molecular flexibility index (Phi) is 5.09. The summed E-state index contributed by atoms with van der Waals surface area (Å²) in [7, 11) is 1.71. The molecule has 0 radical (unpaired) electrons. The number of carbonyl (C=O) groups excluding carboxylic acids is 1. The molecule has 0 bridgehead atoms. The topological polar surface area (TPSA) is 51.1 Å². The minimum absolute atomic E-state index is 0.159. The third-order valence-electron chi connectivity index (χ3n) is 4.13. The summed E-state index contributed by atoms with van der Waals surface area (Å²) in [6.07, 6.45) is 0.989. The average Bonchev–Trinajstić information content (AvgIpc) is 2.65. The Bertz CT molecular complexity index is 916. The van der Waals surface area contributed by atoms with Crippen LogP contribution in [0.5, 0.6) is 0 Å². The van der Waals surface area contributed by atoms with Gasteiger partial charge in [-0.05, 0) is 29.7 Å². The number of amides is 1. The number of nitrogens with one attached hydrogen (secondary N) is 1. The van der Waals surface area contributed by atoms with E-state index in [1.54, 1.807) is 17.7 Å². The Labute approximate surface area is 146 Å². The van der Waals surface area contributed by atoms with Crippen molar-refractivity contribution in [2.75, 3.05) is 5.32 Å². The minimum Gasteiger partial charge on any atom is -0.321 e. The third kappa shape index (κ3) is 4.04. The van der Waals surface area contributed by atoms with Crippen molar-refractivity contribution in [3.63, 3.8) is 0 Å². The summed E-state index contributed by atoms with van der Waals surface area (Å²) in [5.41, 5.74) is 2.97. The lowest BCUT2D eigenvalue weighted by atomic mass is 10.1. The minimum atomic E-state index is -0.214. The van der Waals surface area contributed by atoms with Gasteiger partial charge in [-0.2, -0.15) is 0 Å². The van der Waals surface area contributed by atoms with Crippen LogP contribution in [0.25, 0.3) is 11.3 Å². The highest BCUT2D eigenvalue weighted by Crippen LogP contribution is 2.18. The molecule has 1 aromatic heterocycles. The summed E-state index contributed by atoms with van der Waals surface area (Å²) in [5.74, 6) is -0.159. The van der Waals surface area contributed by atoms with Crippen LogP contribution in [-0.4, -0.2) is 10.5 Å². The van der Waals surface area contributed by atoms with E-state index in [0.29, 0.717) is 18.5 Å². The molecule has 0 unspecified atom stereocenters. The first-order valence-electron chi connectivity index (χ1n) is 8.24. The van der Waals surface area contributed by atoms with E-state index in [-0.39, 0.29) is 11.5 Å². The van der Waals surface area contributed by atoms with Crippen molar-refractivity contribution in [3.8, 4) is 11.3 Å². The first-order valence-corrected chi connectivity index (χ1v) is 8.24. The molecule has 0 aliphatic carbocycles. The molecule has 25 heavy (non-hydrogen) atoms. The van der Waals surface area contributed by atoms with E-state index in [0.717, 1.165) is 16.8 Å². The smallest absolute Gasteiger partial charge is 0.274 e. The van der Waals surface area contributed by atoms with Crippen LogP contribution in [0.4, 0.5) is 5.69 Å². The lowest BCUT2D eigenvalue weighted by Gasteiger charge is -2.11. The summed E-state index contributed by atoms with van der Waals surface area (Å²) >= 11 is 0. The maximum absolute atomic E-state index is 12.5. The van der Waals surface area contributed by atoms with Crippen LogP contribution in [-0.2, 0) is 18.3 Å². The van der Waals surface area contributed by atoms with E-state index >= 15 is 0 Å². The second-order valence-electron chi connectivity index (χ2n) is 5.90. The monoisotopic (exact) mass is 332 g/mol. The number of hydrogen-bond acceptors (Lipinski definition) is 2. The third-order valence-corrected chi connectivity index (χ3v) is 4.13. The van der Waals surface area contributed by atoms with Crippen LogP contribution < -0.4 is 10.9 Å². The van der Waals surface area contributed by atoms with Gasteiger partial charge < -0.3 is 9.88 Å². The molecule has 0 spiro atoms. The quantitative estimate of drug-likeness (QED) is 0.776. The van der Waals surface area contributed by atoms with Crippen LogP contribution >= 0.6 is 0 Å². The number of hydrogen-bond donors (Lipinski definition) is 1. The first kappa shape index (κ1) is 16.7. The van der Waals surface area contributed by atoms with Crippen molar-refractivity contribution in [1.29, 1.82) is 0 Å². The van der Waals surface area contributed by atoms with E-state index in [2.05, 4.69) is 5.32 Å². The zero-order chi connectivity index (χ0) is 17.6. The van der Waals surface area contributed by atoms with Crippen molar-refractivity contribution >= 4 is 11.6 Å². The van der Waals surface area contributed by atoms with Gasteiger partial charge in [-0.3, -0.25) is 9.59 Å². The highest BCUT2D eigenvalue weighted by atomic mass is 16.2. The number of nitrogens with zero attached hydrogens (tertiary/aromatic N) is 1. The molecule has 2 aromatic carbocycles. The van der Waals surface area contributed by atoms with Crippen LogP contribution in [0.1, 0.15) is 12.0 Å². The van der Waals surface area contributed by atoms with E-state index in [1.165, 1.54) is 0 Å². The maximum atomic E-state index is 12.5. The molecule has 1 heterocycles. The fourth-order valence-corrected chi connectivity index (χ4v) is 2.74. The predicted molar refractivity (Wildman–Crippen MR) is 101 cm³/mol. The highest BCUT2D eigenvalue weighted by Gasteiger charge is 2.10. The zero-order valence-electron chi connectivity index (χ0n) is 14.1. The van der Waals surface area contributed by atoms with Crippen molar-refractivity contribution < 1.29 is 4.79 Å². The normalized spacial score (nSPS) is 10.4. The molecule has 0 fully saturated rings. The van der Waals surface area contributed by atoms with E-state index in [1.807, 2.05) is 66.7 Å². The predicted octanol–water partition coefficient (Wildman–Crippen LogP) is 3.62. The van der Waals surface area contributed by atoms with Crippen molar-refractivity contribution in [1.82, 2.24) is 4.57 Å². The number of rotatable bonds is 5. The van der Waals surface area contributed by atoms with Gasteiger partial charge in [-0.1, -0.05) is 60.7 Å². The lowest BCUT2D eigenvalue weighted by Crippen LogP contribution is -2.25. The standard InChI is InChI=1S/C21H20N2O2/c1-23-19(17-10-6-3-7-11-17)14-13-18(21(23)25)22-20(24)15-12-16-8-4-2-5-9-16/h2-11,13-14H,12,15H2,1H3,(H,22,24). The van der Waals surface area contributed by atoms with Crippen LogP contribution in [0, 0.1) is 0 Å². The Morgan fingerprint density at radius 1 is 0.920 bits per heavy atom. The molecule has 0 atom stereocenters. The molecule has 1 amide bonds.